The molecule has 0 spiro atoms. The Morgan fingerprint density at radius 2 is 2.05 bits per heavy atom. The molecule has 0 fully saturated rings. The van der Waals surface area contributed by atoms with Crippen LogP contribution in [0.4, 0.5) is 0 Å². The number of benzene rings is 1. The molecule has 0 saturated carbocycles. The Morgan fingerprint density at radius 3 is 2.86 bits per heavy atom. The molecule has 1 aromatic carbocycles. The van der Waals surface area contributed by atoms with Crippen LogP contribution in [0.3, 0.4) is 0 Å². The Balaban J connectivity index is 1.83. The third kappa shape index (κ3) is 3.36. The smallest absolute Gasteiger partial charge is 0.218 e. The molecule has 0 bridgehead atoms. The molecule has 3 rings (SSSR count). The highest BCUT2D eigenvalue weighted by Crippen LogP contribution is 2.19. The SMILES string of the molecule is CCSCc1cc(OCc2ccccc2)n2nccc2n1. The summed E-state index contributed by atoms with van der Waals surface area (Å²) in [6, 6.07) is 14.0. The van der Waals surface area contributed by atoms with E-state index in [1.807, 2.05) is 42.1 Å². The molecule has 0 amide bonds. The molecule has 0 atom stereocenters. The summed E-state index contributed by atoms with van der Waals surface area (Å²) in [5.41, 5.74) is 2.99. The van der Waals surface area contributed by atoms with Gasteiger partial charge < -0.3 is 4.74 Å². The van der Waals surface area contributed by atoms with E-state index in [9.17, 15) is 0 Å². The van der Waals surface area contributed by atoms with Gasteiger partial charge in [0.25, 0.3) is 0 Å². The molecule has 0 aliphatic carbocycles. The van der Waals surface area contributed by atoms with Gasteiger partial charge in [-0.05, 0) is 11.3 Å². The molecule has 0 radical (unpaired) electrons. The Morgan fingerprint density at radius 1 is 1.19 bits per heavy atom. The van der Waals surface area contributed by atoms with Crippen LogP contribution < -0.4 is 4.74 Å². The Labute approximate surface area is 128 Å². The fourth-order valence-corrected chi connectivity index (χ4v) is 2.61. The molecule has 0 N–H and O–H groups in total. The van der Waals surface area contributed by atoms with Crippen molar-refractivity contribution in [3.8, 4) is 5.88 Å². The fraction of sp³-hybridized carbons (Fsp3) is 0.250. The third-order valence-corrected chi connectivity index (χ3v) is 3.97. The second-order valence-electron chi connectivity index (χ2n) is 4.60. The summed E-state index contributed by atoms with van der Waals surface area (Å²) in [5.74, 6) is 2.70. The Bertz CT molecular complexity index is 712. The lowest BCUT2D eigenvalue weighted by Crippen LogP contribution is -2.04. The first-order chi connectivity index (χ1) is 10.4. The van der Waals surface area contributed by atoms with Crippen LogP contribution in [0, 0.1) is 0 Å². The van der Waals surface area contributed by atoms with Crippen LogP contribution >= 0.6 is 11.8 Å². The van der Waals surface area contributed by atoms with Crippen molar-refractivity contribution in [1.82, 2.24) is 14.6 Å². The van der Waals surface area contributed by atoms with Crippen molar-refractivity contribution < 1.29 is 4.74 Å². The summed E-state index contributed by atoms with van der Waals surface area (Å²) in [6.45, 7) is 2.68. The van der Waals surface area contributed by atoms with Crippen LogP contribution in [0.25, 0.3) is 5.65 Å². The van der Waals surface area contributed by atoms with Crippen LogP contribution in [0.1, 0.15) is 18.2 Å². The summed E-state index contributed by atoms with van der Waals surface area (Å²) >= 11 is 1.85. The maximum atomic E-state index is 5.94. The van der Waals surface area contributed by atoms with Gasteiger partial charge in [-0.3, -0.25) is 0 Å². The minimum absolute atomic E-state index is 0.528. The Kier molecular flexibility index (Phi) is 4.40. The van der Waals surface area contributed by atoms with E-state index in [0.29, 0.717) is 6.61 Å². The van der Waals surface area contributed by atoms with Crippen LogP contribution in [-0.4, -0.2) is 20.4 Å². The van der Waals surface area contributed by atoms with Crippen molar-refractivity contribution >= 4 is 17.4 Å². The van der Waals surface area contributed by atoms with Crippen molar-refractivity contribution in [2.24, 2.45) is 0 Å². The first-order valence-electron chi connectivity index (χ1n) is 6.95. The highest BCUT2D eigenvalue weighted by Gasteiger charge is 2.08. The first-order valence-corrected chi connectivity index (χ1v) is 8.10. The lowest BCUT2D eigenvalue weighted by Gasteiger charge is -2.10. The van der Waals surface area contributed by atoms with Gasteiger partial charge in [-0.25, -0.2) is 4.98 Å². The van der Waals surface area contributed by atoms with Gasteiger partial charge in [0, 0.05) is 17.9 Å². The van der Waals surface area contributed by atoms with E-state index in [1.165, 1.54) is 0 Å². The van der Waals surface area contributed by atoms with Crippen LogP contribution in [-0.2, 0) is 12.4 Å². The number of hydrogen-bond donors (Lipinski definition) is 0. The summed E-state index contributed by atoms with van der Waals surface area (Å²) < 4.78 is 7.67. The van der Waals surface area contributed by atoms with Gasteiger partial charge in [-0.15, -0.1) is 0 Å². The average molecular weight is 299 g/mol. The molecule has 2 aromatic heterocycles. The van der Waals surface area contributed by atoms with E-state index in [4.69, 9.17) is 4.74 Å². The van der Waals surface area contributed by atoms with Gasteiger partial charge in [-0.1, -0.05) is 37.3 Å². The van der Waals surface area contributed by atoms with E-state index in [2.05, 4.69) is 29.1 Å². The molecule has 0 saturated heterocycles. The summed E-state index contributed by atoms with van der Waals surface area (Å²) in [5, 5.41) is 4.27. The fourth-order valence-electron chi connectivity index (χ4n) is 2.05. The standard InChI is InChI=1S/C16H17N3OS/c1-2-21-12-14-10-16(19-15(18-14)8-9-17-19)20-11-13-6-4-3-5-7-13/h3-10H,2,11-12H2,1H3. The van der Waals surface area contributed by atoms with Gasteiger partial charge >= 0.3 is 0 Å². The van der Waals surface area contributed by atoms with Crippen LogP contribution in [0.5, 0.6) is 5.88 Å². The number of thioether (sulfide) groups is 1. The molecule has 3 aromatic rings. The normalized spacial score (nSPS) is 10.9. The van der Waals surface area contributed by atoms with Gasteiger partial charge in [0.2, 0.25) is 5.88 Å². The average Bonchev–Trinajstić information content (AvgIpc) is 3.00. The van der Waals surface area contributed by atoms with Gasteiger partial charge in [0.1, 0.15) is 6.61 Å². The molecular formula is C16H17N3OS. The maximum Gasteiger partial charge on any atom is 0.218 e. The zero-order chi connectivity index (χ0) is 14.5. The Hall–Kier alpha value is -2.01. The molecule has 21 heavy (non-hydrogen) atoms. The molecular weight excluding hydrogens is 282 g/mol. The number of ether oxygens (including phenoxy) is 1. The van der Waals surface area contributed by atoms with Gasteiger partial charge in [0.15, 0.2) is 5.65 Å². The number of hydrogen-bond acceptors (Lipinski definition) is 4. The lowest BCUT2D eigenvalue weighted by atomic mass is 10.2. The molecule has 0 aliphatic rings. The largest absolute Gasteiger partial charge is 0.473 e. The van der Waals surface area contributed by atoms with Crippen molar-refractivity contribution in [1.29, 1.82) is 0 Å². The highest BCUT2D eigenvalue weighted by molar-refractivity contribution is 7.98. The monoisotopic (exact) mass is 299 g/mol. The predicted molar refractivity (Wildman–Crippen MR) is 85.6 cm³/mol. The molecule has 0 aliphatic heterocycles. The second-order valence-corrected chi connectivity index (χ2v) is 5.87. The van der Waals surface area contributed by atoms with E-state index >= 15 is 0 Å². The summed E-state index contributed by atoms with van der Waals surface area (Å²) in [4.78, 5) is 4.59. The van der Waals surface area contributed by atoms with Gasteiger partial charge in [0.05, 0.1) is 11.9 Å². The molecule has 5 heteroatoms. The quantitative estimate of drug-likeness (QED) is 0.697. The number of nitrogens with zero attached hydrogens (tertiary/aromatic N) is 3. The van der Waals surface area contributed by atoms with E-state index in [0.717, 1.165) is 34.3 Å². The van der Waals surface area contributed by atoms with Crippen molar-refractivity contribution in [3.05, 3.63) is 59.9 Å². The zero-order valence-electron chi connectivity index (χ0n) is 11.9. The lowest BCUT2D eigenvalue weighted by molar-refractivity contribution is 0.285. The van der Waals surface area contributed by atoms with Gasteiger partial charge in [-0.2, -0.15) is 21.4 Å². The van der Waals surface area contributed by atoms with E-state index in [1.54, 1.807) is 10.7 Å². The maximum absolute atomic E-state index is 5.94. The van der Waals surface area contributed by atoms with Crippen LogP contribution in [0.15, 0.2) is 48.7 Å². The topological polar surface area (TPSA) is 39.4 Å². The third-order valence-electron chi connectivity index (χ3n) is 3.06. The summed E-state index contributed by atoms with van der Waals surface area (Å²) in [6.07, 6.45) is 1.74. The van der Waals surface area contributed by atoms with E-state index in [-0.39, 0.29) is 0 Å². The second kappa shape index (κ2) is 6.63. The molecule has 4 nitrogen and oxygen atoms in total. The minimum atomic E-state index is 0.528. The number of aromatic nitrogens is 3. The van der Waals surface area contributed by atoms with Crippen molar-refractivity contribution in [2.75, 3.05) is 5.75 Å². The van der Waals surface area contributed by atoms with Crippen LogP contribution in [0.2, 0.25) is 0 Å². The summed E-state index contributed by atoms with van der Waals surface area (Å²) in [7, 11) is 0. The van der Waals surface area contributed by atoms with E-state index < -0.39 is 0 Å². The predicted octanol–water partition coefficient (Wildman–Crippen LogP) is 3.56. The highest BCUT2D eigenvalue weighted by atomic mass is 32.2. The molecule has 108 valence electrons. The first kappa shape index (κ1) is 13.9. The minimum Gasteiger partial charge on any atom is -0.473 e. The molecule has 0 unspecified atom stereocenters. The zero-order valence-corrected chi connectivity index (χ0v) is 12.7. The molecule has 2 heterocycles. The number of rotatable bonds is 6. The van der Waals surface area contributed by atoms with Crippen molar-refractivity contribution in [3.63, 3.8) is 0 Å². The number of fused-ring (bicyclic) bond motifs is 1. The van der Waals surface area contributed by atoms with Crippen molar-refractivity contribution in [2.45, 2.75) is 19.3 Å².